The smallest absolute Gasteiger partial charge is 0.407 e. The van der Waals surface area contributed by atoms with Gasteiger partial charge in [0.05, 0.1) is 6.54 Å². The lowest BCUT2D eigenvalue weighted by Gasteiger charge is -2.22. The molecular weight excluding hydrogens is 448 g/mol. The van der Waals surface area contributed by atoms with Crippen molar-refractivity contribution >= 4 is 29.8 Å². The fraction of sp³-hybridized carbons (Fsp3) is 0.773. The molecule has 0 aromatic carbocycles. The fourth-order valence-corrected chi connectivity index (χ4v) is 2.68. The van der Waals surface area contributed by atoms with Crippen molar-refractivity contribution in [1.29, 1.82) is 0 Å². The third kappa shape index (κ3) is 15.8. The van der Waals surface area contributed by atoms with Crippen LogP contribution in [0.2, 0.25) is 0 Å². The van der Waals surface area contributed by atoms with Crippen molar-refractivity contribution in [2.24, 2.45) is 5.73 Å². The van der Waals surface area contributed by atoms with E-state index in [1.807, 2.05) is 0 Å². The zero-order valence-electron chi connectivity index (χ0n) is 21.0. The molecule has 196 valence electrons. The van der Waals surface area contributed by atoms with E-state index in [1.54, 1.807) is 41.5 Å². The van der Waals surface area contributed by atoms with Gasteiger partial charge in [0.2, 0.25) is 11.8 Å². The largest absolute Gasteiger partial charge is 0.480 e. The molecule has 34 heavy (non-hydrogen) atoms. The Hall–Kier alpha value is -2.89. The molecule has 0 bridgehead atoms. The molecule has 0 rings (SSSR count). The average Bonchev–Trinajstić information content (AvgIpc) is 2.66. The van der Waals surface area contributed by atoms with Crippen molar-refractivity contribution < 1.29 is 38.6 Å². The van der Waals surface area contributed by atoms with Gasteiger partial charge in [-0.15, -0.1) is 0 Å². The van der Waals surface area contributed by atoms with Crippen LogP contribution in [-0.2, 0) is 28.7 Å². The number of hydrogen-bond acceptors (Lipinski definition) is 8. The van der Waals surface area contributed by atoms with Crippen LogP contribution in [0.15, 0.2) is 0 Å². The average molecular weight is 489 g/mol. The topological polar surface area (TPSA) is 186 Å². The van der Waals surface area contributed by atoms with Crippen molar-refractivity contribution in [3.05, 3.63) is 0 Å². The van der Waals surface area contributed by atoms with Crippen LogP contribution in [0.5, 0.6) is 0 Å². The highest BCUT2D eigenvalue weighted by Crippen LogP contribution is 2.11. The number of nitrogens with two attached hydrogens (primary N) is 1. The van der Waals surface area contributed by atoms with Gasteiger partial charge in [0.1, 0.15) is 23.3 Å². The maximum Gasteiger partial charge on any atom is 0.407 e. The highest BCUT2D eigenvalue weighted by atomic mass is 16.6. The standard InChI is InChI=1S/C22H40N4O8/c1-21(2,3)33-17(28)11-10-15(19(30)31)26-18(29)14(25-16(27)13-23)9-7-8-12-24-20(32)34-22(4,5)6/h14-15H,7-13,23H2,1-6H3,(H,24,32)(H,25,27)(H,26,29)(H,30,31)/t14-,15-/m0/s1. The number of nitrogens with one attached hydrogen (secondary N) is 3. The number of rotatable bonds is 13. The molecule has 12 heteroatoms. The molecule has 0 fully saturated rings. The molecule has 0 aromatic heterocycles. The summed E-state index contributed by atoms with van der Waals surface area (Å²) in [5.41, 5.74) is 3.98. The fourth-order valence-electron chi connectivity index (χ4n) is 2.68. The number of unbranched alkanes of at least 4 members (excludes halogenated alkanes) is 1. The van der Waals surface area contributed by atoms with E-state index in [1.165, 1.54) is 0 Å². The first-order valence-corrected chi connectivity index (χ1v) is 11.3. The summed E-state index contributed by atoms with van der Waals surface area (Å²) in [6, 6.07) is -2.37. The Morgan fingerprint density at radius 1 is 0.853 bits per heavy atom. The molecule has 0 aliphatic heterocycles. The number of carboxylic acids is 1. The van der Waals surface area contributed by atoms with Gasteiger partial charge in [-0.2, -0.15) is 0 Å². The van der Waals surface area contributed by atoms with Crippen LogP contribution >= 0.6 is 0 Å². The van der Waals surface area contributed by atoms with E-state index in [2.05, 4.69) is 16.0 Å². The number of esters is 1. The summed E-state index contributed by atoms with van der Waals surface area (Å²) in [5.74, 6) is -3.19. The van der Waals surface area contributed by atoms with Crippen molar-refractivity contribution in [3.8, 4) is 0 Å². The molecule has 6 N–H and O–H groups in total. The molecular formula is C22H40N4O8. The second-order valence-corrected chi connectivity index (χ2v) is 9.77. The lowest BCUT2D eigenvalue weighted by molar-refractivity contribution is -0.155. The molecule has 3 amide bonds. The second kappa shape index (κ2) is 14.4. The van der Waals surface area contributed by atoms with Gasteiger partial charge in [0.25, 0.3) is 0 Å². The van der Waals surface area contributed by atoms with E-state index in [-0.39, 0.29) is 25.8 Å². The lowest BCUT2D eigenvalue weighted by atomic mass is 10.1. The zero-order chi connectivity index (χ0) is 26.5. The van der Waals surface area contributed by atoms with Crippen LogP contribution in [-0.4, -0.2) is 71.3 Å². The van der Waals surface area contributed by atoms with Crippen molar-refractivity contribution in [3.63, 3.8) is 0 Å². The number of hydrogen-bond donors (Lipinski definition) is 5. The van der Waals surface area contributed by atoms with E-state index in [4.69, 9.17) is 15.2 Å². The van der Waals surface area contributed by atoms with Crippen molar-refractivity contribution in [2.45, 2.75) is 96.9 Å². The number of amides is 3. The maximum atomic E-state index is 12.7. The van der Waals surface area contributed by atoms with Crippen LogP contribution in [0.25, 0.3) is 0 Å². The Labute approximate surface area is 200 Å². The summed E-state index contributed by atoms with van der Waals surface area (Å²) in [7, 11) is 0. The Morgan fingerprint density at radius 3 is 1.94 bits per heavy atom. The van der Waals surface area contributed by atoms with Gasteiger partial charge in [-0.25, -0.2) is 9.59 Å². The zero-order valence-corrected chi connectivity index (χ0v) is 21.0. The van der Waals surface area contributed by atoms with Crippen LogP contribution < -0.4 is 21.7 Å². The Balaban J connectivity index is 4.83. The Bertz CT molecular complexity index is 713. The molecule has 0 aromatic rings. The first-order chi connectivity index (χ1) is 15.5. The summed E-state index contributed by atoms with van der Waals surface area (Å²) < 4.78 is 10.3. The van der Waals surface area contributed by atoms with Crippen LogP contribution in [0, 0.1) is 0 Å². The van der Waals surface area contributed by atoms with Gasteiger partial charge in [0, 0.05) is 13.0 Å². The SMILES string of the molecule is CC(C)(C)OC(=O)CC[C@H](NC(=O)[C@H](CCCCNC(=O)OC(C)(C)C)NC(=O)CN)C(=O)O. The van der Waals surface area contributed by atoms with E-state index in [0.717, 1.165) is 0 Å². The minimum absolute atomic E-state index is 0.173. The third-order valence-electron chi connectivity index (χ3n) is 4.10. The molecule has 0 aliphatic rings. The lowest BCUT2D eigenvalue weighted by Crippen LogP contribution is -2.52. The molecule has 0 aliphatic carbocycles. The van der Waals surface area contributed by atoms with E-state index in [9.17, 15) is 29.1 Å². The highest BCUT2D eigenvalue weighted by molar-refractivity contribution is 5.90. The quantitative estimate of drug-likeness (QED) is 0.185. The highest BCUT2D eigenvalue weighted by Gasteiger charge is 2.27. The Kier molecular flexibility index (Phi) is 13.2. The summed E-state index contributed by atoms with van der Waals surface area (Å²) in [5, 5.41) is 16.8. The summed E-state index contributed by atoms with van der Waals surface area (Å²) in [6.07, 6.45) is 0.175. The van der Waals surface area contributed by atoms with Crippen molar-refractivity contribution in [1.82, 2.24) is 16.0 Å². The van der Waals surface area contributed by atoms with Crippen LogP contribution in [0.4, 0.5) is 4.79 Å². The minimum atomic E-state index is -1.34. The molecule has 0 spiro atoms. The molecule has 0 saturated heterocycles. The van der Waals surface area contributed by atoms with Gasteiger partial charge < -0.3 is 36.3 Å². The molecule has 0 saturated carbocycles. The molecule has 0 heterocycles. The van der Waals surface area contributed by atoms with Gasteiger partial charge in [-0.3, -0.25) is 14.4 Å². The number of carbonyl (C=O) groups is 5. The molecule has 12 nitrogen and oxygen atoms in total. The van der Waals surface area contributed by atoms with Crippen molar-refractivity contribution in [2.75, 3.05) is 13.1 Å². The van der Waals surface area contributed by atoms with E-state index >= 15 is 0 Å². The summed E-state index contributed by atoms with van der Waals surface area (Å²) >= 11 is 0. The predicted molar refractivity (Wildman–Crippen MR) is 124 cm³/mol. The second-order valence-electron chi connectivity index (χ2n) is 9.77. The number of alkyl carbamates (subject to hydrolysis) is 1. The minimum Gasteiger partial charge on any atom is -0.480 e. The number of carboxylic acid groups (broad SMARTS) is 1. The maximum absolute atomic E-state index is 12.7. The number of carbonyl (C=O) groups excluding carboxylic acids is 4. The monoisotopic (exact) mass is 488 g/mol. The van der Waals surface area contributed by atoms with Gasteiger partial charge in [0.15, 0.2) is 0 Å². The normalized spacial score (nSPS) is 13.3. The summed E-state index contributed by atoms with van der Waals surface area (Å²) in [6.45, 7) is 10.3. The van der Waals surface area contributed by atoms with Gasteiger partial charge >= 0.3 is 18.0 Å². The summed E-state index contributed by atoms with van der Waals surface area (Å²) in [4.78, 5) is 59.5. The first-order valence-electron chi connectivity index (χ1n) is 11.3. The Morgan fingerprint density at radius 2 is 1.44 bits per heavy atom. The van der Waals surface area contributed by atoms with Gasteiger partial charge in [-0.1, -0.05) is 0 Å². The molecule has 0 unspecified atom stereocenters. The van der Waals surface area contributed by atoms with Crippen LogP contribution in [0.1, 0.15) is 73.6 Å². The van der Waals surface area contributed by atoms with E-state index < -0.39 is 53.1 Å². The third-order valence-corrected chi connectivity index (χ3v) is 4.10. The number of ether oxygens (including phenoxy) is 2. The van der Waals surface area contributed by atoms with Crippen LogP contribution in [0.3, 0.4) is 0 Å². The number of aliphatic carboxylic acids is 1. The predicted octanol–water partition coefficient (Wildman–Crippen LogP) is 0.816. The molecule has 0 radical (unpaired) electrons. The first kappa shape index (κ1) is 31.1. The van der Waals surface area contributed by atoms with E-state index in [0.29, 0.717) is 19.4 Å². The van der Waals surface area contributed by atoms with Gasteiger partial charge in [-0.05, 0) is 67.2 Å². The molecule has 2 atom stereocenters.